The fraction of sp³-hybridized carbons (Fsp3) is 0.667. The van der Waals surface area contributed by atoms with Crippen LogP contribution in [0.5, 0.6) is 0 Å². The highest BCUT2D eigenvalue weighted by Gasteiger charge is 2.52. The highest BCUT2D eigenvalue weighted by atomic mass is 16.5. The van der Waals surface area contributed by atoms with Gasteiger partial charge in [-0.1, -0.05) is 30.7 Å². The molecule has 1 aromatic rings. The van der Waals surface area contributed by atoms with Gasteiger partial charge in [-0.15, -0.1) is 0 Å². The molecule has 7 nitrogen and oxygen atoms in total. The van der Waals surface area contributed by atoms with Crippen LogP contribution in [-0.4, -0.2) is 51.5 Å². The molecule has 43 heavy (non-hydrogen) atoms. The number of allylic oxidation sites excluding steroid dienone is 3. The van der Waals surface area contributed by atoms with E-state index < -0.39 is 22.9 Å². The van der Waals surface area contributed by atoms with E-state index in [9.17, 15) is 19.5 Å². The van der Waals surface area contributed by atoms with Crippen molar-refractivity contribution in [1.82, 2.24) is 9.88 Å². The Morgan fingerprint density at radius 2 is 1.84 bits per heavy atom. The zero-order valence-electron chi connectivity index (χ0n) is 26.9. The van der Waals surface area contributed by atoms with Crippen LogP contribution in [0.3, 0.4) is 0 Å². The largest absolute Gasteiger partial charge is 0.481 e. The Kier molecular flexibility index (Phi) is 8.67. The molecule has 0 radical (unpaired) electrons. The Bertz CT molecular complexity index is 1300. The number of carboxylic acid groups (broad SMARTS) is 1. The van der Waals surface area contributed by atoms with Gasteiger partial charge in [0.05, 0.1) is 5.41 Å². The van der Waals surface area contributed by atoms with Crippen molar-refractivity contribution in [2.24, 2.45) is 34.5 Å². The molecule has 2 saturated carbocycles. The molecular formula is C36H50N2O5. The summed E-state index contributed by atoms with van der Waals surface area (Å²) in [6.07, 6.45) is 17.0. The van der Waals surface area contributed by atoms with Crippen LogP contribution >= 0.6 is 0 Å². The van der Waals surface area contributed by atoms with Crippen LogP contribution in [0.2, 0.25) is 0 Å². The molecule has 1 heterocycles. The average Bonchev–Trinajstić information content (AvgIpc) is 3.05. The van der Waals surface area contributed by atoms with Gasteiger partial charge in [0.15, 0.2) is 0 Å². The molecule has 0 spiro atoms. The van der Waals surface area contributed by atoms with Crippen LogP contribution in [0.25, 0.3) is 5.57 Å². The van der Waals surface area contributed by atoms with Crippen molar-refractivity contribution in [1.29, 1.82) is 0 Å². The SMILES string of the molecule is CN(C(=O)CC(=O)O[C@H]1CC[C@@H]2CC(=CC[C@@H]3[C@@H]2CC[C@]2(C)C(c4cccnc4)=CC[C@@H]32)C1)C(C)(C)CC(C)(C)C(=O)O. The number of nitrogens with zero attached hydrogens (tertiary/aromatic N) is 2. The highest BCUT2D eigenvalue weighted by Crippen LogP contribution is 2.62. The van der Waals surface area contributed by atoms with Crippen molar-refractivity contribution in [3.8, 4) is 0 Å². The van der Waals surface area contributed by atoms with Crippen LogP contribution in [0.15, 0.2) is 42.3 Å². The molecule has 1 amide bonds. The molecule has 234 valence electrons. The highest BCUT2D eigenvalue weighted by molar-refractivity contribution is 5.94. The van der Waals surface area contributed by atoms with Gasteiger partial charge in [-0.05, 0) is 125 Å². The molecule has 0 unspecified atom stereocenters. The Morgan fingerprint density at radius 3 is 2.53 bits per heavy atom. The van der Waals surface area contributed by atoms with E-state index in [1.54, 1.807) is 20.9 Å². The molecule has 0 aromatic carbocycles. The maximum atomic E-state index is 13.0. The first-order chi connectivity index (χ1) is 20.2. The van der Waals surface area contributed by atoms with Gasteiger partial charge in [0.25, 0.3) is 0 Å². The summed E-state index contributed by atoms with van der Waals surface area (Å²) in [6.45, 7) is 9.47. The smallest absolute Gasteiger partial charge is 0.315 e. The maximum absolute atomic E-state index is 13.0. The van der Waals surface area contributed by atoms with E-state index >= 15 is 0 Å². The Morgan fingerprint density at radius 1 is 1.07 bits per heavy atom. The number of esters is 1. The minimum Gasteiger partial charge on any atom is -0.481 e. The number of carbonyl (C=O) groups is 3. The average molecular weight is 591 g/mol. The number of pyridine rings is 1. The Balaban J connectivity index is 1.20. The van der Waals surface area contributed by atoms with Crippen molar-refractivity contribution >= 4 is 23.4 Å². The van der Waals surface area contributed by atoms with Crippen LogP contribution in [0, 0.1) is 34.5 Å². The van der Waals surface area contributed by atoms with Gasteiger partial charge in [-0.3, -0.25) is 19.4 Å². The number of amides is 1. The predicted octanol–water partition coefficient (Wildman–Crippen LogP) is 7.08. The maximum Gasteiger partial charge on any atom is 0.315 e. The third-order valence-corrected chi connectivity index (χ3v) is 11.5. The summed E-state index contributed by atoms with van der Waals surface area (Å²) in [6, 6.07) is 4.25. The molecule has 4 aliphatic carbocycles. The number of carboxylic acids is 1. The second kappa shape index (κ2) is 11.9. The zero-order valence-corrected chi connectivity index (χ0v) is 26.9. The molecule has 4 aliphatic rings. The Hall–Kier alpha value is -2.96. The molecule has 0 saturated heterocycles. The van der Waals surface area contributed by atoms with Gasteiger partial charge in [-0.25, -0.2) is 0 Å². The normalized spacial score (nSPS) is 30.5. The first-order valence-electron chi connectivity index (χ1n) is 16.2. The van der Waals surface area contributed by atoms with Gasteiger partial charge in [-0.2, -0.15) is 0 Å². The standard InChI is InChI=1S/C36H50N2O5/c1-34(2,33(41)42)22-35(3,4)38(6)31(39)20-32(40)43-26-11-10-24-18-23(19-26)9-12-28-27(24)15-16-36(5)29(13-14-30(28)36)25-8-7-17-37-21-25/h7-9,13,17,21,24,26-28,30H,10-12,14-16,18-20,22H2,1-6H3,(H,41,42)/t24-,26+,27-,28-,30+,36-/m1/s1. The van der Waals surface area contributed by atoms with Crippen LogP contribution in [0.4, 0.5) is 0 Å². The van der Waals surface area contributed by atoms with E-state index in [-0.39, 0.29) is 30.3 Å². The van der Waals surface area contributed by atoms with Gasteiger partial charge >= 0.3 is 11.9 Å². The van der Waals surface area contributed by atoms with Crippen molar-refractivity contribution in [2.75, 3.05) is 7.05 Å². The van der Waals surface area contributed by atoms with E-state index in [1.807, 2.05) is 32.3 Å². The van der Waals surface area contributed by atoms with Gasteiger partial charge in [0.1, 0.15) is 12.5 Å². The molecule has 2 bridgehead atoms. The summed E-state index contributed by atoms with van der Waals surface area (Å²) in [5.74, 6) is 0.887. The summed E-state index contributed by atoms with van der Waals surface area (Å²) >= 11 is 0. The van der Waals surface area contributed by atoms with Gasteiger partial charge in [0, 0.05) is 31.4 Å². The second-order valence-corrected chi connectivity index (χ2v) is 15.2. The first-order valence-corrected chi connectivity index (χ1v) is 16.2. The van der Waals surface area contributed by atoms with E-state index in [0.717, 1.165) is 38.5 Å². The number of fused-ring (bicyclic) bond motifs is 6. The van der Waals surface area contributed by atoms with Gasteiger partial charge in [0.2, 0.25) is 5.91 Å². The first kappa shape index (κ1) is 31.5. The van der Waals surface area contributed by atoms with Crippen molar-refractivity contribution in [3.63, 3.8) is 0 Å². The second-order valence-electron chi connectivity index (χ2n) is 15.2. The number of aromatic nitrogens is 1. The number of carbonyl (C=O) groups excluding carboxylic acids is 2. The van der Waals surface area contributed by atoms with Crippen molar-refractivity contribution < 1.29 is 24.2 Å². The van der Waals surface area contributed by atoms with Crippen molar-refractivity contribution in [2.45, 2.75) is 110 Å². The summed E-state index contributed by atoms with van der Waals surface area (Å²) in [5, 5.41) is 9.54. The lowest BCUT2D eigenvalue weighted by Gasteiger charge is -2.49. The van der Waals surface area contributed by atoms with E-state index in [4.69, 9.17) is 4.74 Å². The fourth-order valence-corrected chi connectivity index (χ4v) is 9.11. The molecule has 7 heteroatoms. The molecule has 2 fully saturated rings. The molecule has 1 N–H and O–H groups in total. The lowest BCUT2D eigenvalue weighted by atomic mass is 9.55. The third kappa shape index (κ3) is 6.32. The summed E-state index contributed by atoms with van der Waals surface area (Å²) in [7, 11) is 1.64. The summed E-state index contributed by atoms with van der Waals surface area (Å²) in [5.41, 5.74) is 2.66. The topological polar surface area (TPSA) is 96.8 Å². The molecule has 5 rings (SSSR count). The van der Waals surface area contributed by atoms with E-state index in [0.29, 0.717) is 23.7 Å². The summed E-state index contributed by atoms with van der Waals surface area (Å²) in [4.78, 5) is 43.5. The van der Waals surface area contributed by atoms with E-state index in [2.05, 4.69) is 30.1 Å². The fourth-order valence-electron chi connectivity index (χ4n) is 9.11. The quantitative estimate of drug-likeness (QED) is 0.197. The lowest BCUT2D eigenvalue weighted by molar-refractivity contribution is -0.157. The van der Waals surface area contributed by atoms with Crippen LogP contribution < -0.4 is 0 Å². The molecule has 0 aliphatic heterocycles. The zero-order chi connectivity index (χ0) is 31.2. The Labute approximate surface area is 257 Å². The third-order valence-electron chi connectivity index (χ3n) is 11.5. The number of hydrogen-bond donors (Lipinski definition) is 1. The number of hydrogen-bond acceptors (Lipinski definition) is 5. The van der Waals surface area contributed by atoms with E-state index in [1.165, 1.54) is 34.5 Å². The number of ether oxygens (including phenoxy) is 1. The number of aliphatic carboxylic acids is 1. The lowest BCUT2D eigenvalue weighted by Crippen LogP contribution is -2.49. The molecule has 6 atom stereocenters. The number of rotatable bonds is 8. The van der Waals surface area contributed by atoms with Crippen molar-refractivity contribution in [3.05, 3.63) is 47.8 Å². The van der Waals surface area contributed by atoms with Crippen LogP contribution in [0.1, 0.15) is 104 Å². The molecular weight excluding hydrogens is 540 g/mol. The minimum atomic E-state index is -0.991. The minimum absolute atomic E-state index is 0.198. The van der Waals surface area contributed by atoms with Gasteiger partial charge < -0.3 is 14.7 Å². The molecule has 1 aromatic heterocycles. The summed E-state index contributed by atoms with van der Waals surface area (Å²) < 4.78 is 5.94. The monoisotopic (exact) mass is 590 g/mol. The predicted molar refractivity (Wildman–Crippen MR) is 167 cm³/mol. The van der Waals surface area contributed by atoms with Crippen LogP contribution in [-0.2, 0) is 19.1 Å².